The Hall–Kier alpha value is -2.31. The fourth-order valence-corrected chi connectivity index (χ4v) is 4.57. The lowest BCUT2D eigenvalue weighted by Gasteiger charge is -2.36. The van der Waals surface area contributed by atoms with Crippen LogP contribution in [-0.2, 0) is 0 Å². The molecule has 5 nitrogen and oxygen atoms in total. The first kappa shape index (κ1) is 22.9. The predicted molar refractivity (Wildman–Crippen MR) is 126 cm³/mol. The van der Waals surface area contributed by atoms with Crippen molar-refractivity contribution in [1.82, 2.24) is 9.80 Å². The van der Waals surface area contributed by atoms with E-state index in [-0.39, 0.29) is 11.5 Å². The van der Waals surface area contributed by atoms with Crippen LogP contribution in [0.5, 0.6) is 5.75 Å². The molecule has 0 bridgehead atoms. The zero-order valence-electron chi connectivity index (χ0n) is 18.4. The molecule has 0 saturated carbocycles. The lowest BCUT2D eigenvalue weighted by atomic mass is 10.1. The van der Waals surface area contributed by atoms with Gasteiger partial charge in [-0.3, -0.25) is 4.79 Å². The standard InChI is InChI=1S/C25H31ClFN3O2/c26-20-5-10-23(24(27)19-20)25(31)30-16-14-29(15-17-30)21-6-8-22(9-7-21)32-18-4-13-28-11-2-1-3-12-28/h5-10,19H,1-4,11-18H2. The molecule has 2 saturated heterocycles. The van der Waals surface area contributed by atoms with E-state index in [1.807, 2.05) is 12.1 Å². The van der Waals surface area contributed by atoms with Gasteiger partial charge in [-0.05, 0) is 74.8 Å². The molecular weight excluding hydrogens is 429 g/mol. The van der Waals surface area contributed by atoms with Crippen molar-refractivity contribution < 1.29 is 13.9 Å². The molecule has 172 valence electrons. The lowest BCUT2D eigenvalue weighted by molar-refractivity contribution is 0.0742. The highest BCUT2D eigenvalue weighted by Crippen LogP contribution is 2.22. The van der Waals surface area contributed by atoms with E-state index in [0.717, 1.165) is 31.0 Å². The van der Waals surface area contributed by atoms with E-state index in [4.69, 9.17) is 16.3 Å². The molecule has 4 rings (SSSR count). The van der Waals surface area contributed by atoms with Crippen LogP contribution in [0.1, 0.15) is 36.0 Å². The molecule has 2 aliphatic heterocycles. The quantitative estimate of drug-likeness (QED) is 0.562. The number of hydrogen-bond acceptors (Lipinski definition) is 4. The Morgan fingerprint density at radius 3 is 2.34 bits per heavy atom. The van der Waals surface area contributed by atoms with Gasteiger partial charge in [0.15, 0.2) is 0 Å². The number of piperazine rings is 1. The SMILES string of the molecule is O=C(c1ccc(Cl)cc1F)N1CCN(c2ccc(OCCCN3CCCCC3)cc2)CC1. The number of piperidine rings is 1. The van der Waals surface area contributed by atoms with Gasteiger partial charge in [-0.15, -0.1) is 0 Å². The fourth-order valence-electron chi connectivity index (χ4n) is 4.42. The number of benzene rings is 2. The van der Waals surface area contributed by atoms with E-state index in [1.165, 1.54) is 44.5 Å². The Kier molecular flexibility index (Phi) is 7.87. The molecule has 32 heavy (non-hydrogen) atoms. The van der Waals surface area contributed by atoms with Crippen molar-refractivity contribution >= 4 is 23.2 Å². The second kappa shape index (κ2) is 11.0. The van der Waals surface area contributed by atoms with Gasteiger partial charge in [0, 0.05) is 43.4 Å². The van der Waals surface area contributed by atoms with E-state index in [0.29, 0.717) is 31.2 Å². The molecule has 7 heteroatoms. The first-order valence-corrected chi connectivity index (χ1v) is 11.9. The van der Waals surface area contributed by atoms with Crippen molar-refractivity contribution in [3.8, 4) is 5.75 Å². The van der Waals surface area contributed by atoms with Crippen LogP contribution < -0.4 is 9.64 Å². The maximum Gasteiger partial charge on any atom is 0.256 e. The van der Waals surface area contributed by atoms with Crippen LogP contribution in [0.15, 0.2) is 42.5 Å². The third-order valence-electron chi connectivity index (χ3n) is 6.27. The normalized spacial score (nSPS) is 17.4. The summed E-state index contributed by atoms with van der Waals surface area (Å²) < 4.78 is 20.0. The summed E-state index contributed by atoms with van der Waals surface area (Å²) in [4.78, 5) is 19.1. The van der Waals surface area contributed by atoms with Crippen LogP contribution in [-0.4, -0.2) is 68.1 Å². The van der Waals surface area contributed by atoms with E-state index in [9.17, 15) is 9.18 Å². The number of hydrogen-bond donors (Lipinski definition) is 0. The van der Waals surface area contributed by atoms with Gasteiger partial charge in [0.25, 0.3) is 5.91 Å². The van der Waals surface area contributed by atoms with Gasteiger partial charge in [0.05, 0.1) is 12.2 Å². The smallest absolute Gasteiger partial charge is 0.256 e. The number of rotatable bonds is 7. The van der Waals surface area contributed by atoms with Crippen molar-refractivity contribution in [2.45, 2.75) is 25.7 Å². The van der Waals surface area contributed by atoms with Crippen molar-refractivity contribution in [3.63, 3.8) is 0 Å². The van der Waals surface area contributed by atoms with Crippen LogP contribution in [0.25, 0.3) is 0 Å². The lowest BCUT2D eigenvalue weighted by Crippen LogP contribution is -2.49. The van der Waals surface area contributed by atoms with E-state index >= 15 is 0 Å². The summed E-state index contributed by atoms with van der Waals surface area (Å²) >= 11 is 5.79. The topological polar surface area (TPSA) is 36.0 Å². The molecule has 0 atom stereocenters. The van der Waals surface area contributed by atoms with Gasteiger partial charge in [-0.1, -0.05) is 18.0 Å². The van der Waals surface area contributed by atoms with Crippen molar-refractivity contribution in [3.05, 3.63) is 58.9 Å². The summed E-state index contributed by atoms with van der Waals surface area (Å²) in [6.45, 7) is 6.81. The maximum atomic E-state index is 14.1. The number of carbonyl (C=O) groups is 1. The zero-order chi connectivity index (χ0) is 22.3. The molecule has 0 spiro atoms. The van der Waals surface area contributed by atoms with Gasteiger partial charge in [-0.2, -0.15) is 0 Å². The number of nitrogens with zero attached hydrogens (tertiary/aromatic N) is 3. The largest absolute Gasteiger partial charge is 0.494 e. The second-order valence-electron chi connectivity index (χ2n) is 8.50. The van der Waals surface area contributed by atoms with Crippen molar-refractivity contribution in [2.24, 2.45) is 0 Å². The number of anilines is 1. The summed E-state index contributed by atoms with van der Waals surface area (Å²) in [7, 11) is 0. The summed E-state index contributed by atoms with van der Waals surface area (Å²) in [5.74, 6) is 0.0305. The van der Waals surface area contributed by atoms with Crippen LogP contribution in [0, 0.1) is 5.82 Å². The molecule has 2 heterocycles. The van der Waals surface area contributed by atoms with E-state index in [1.54, 1.807) is 11.0 Å². The minimum absolute atomic E-state index is 0.0737. The van der Waals surface area contributed by atoms with Crippen LogP contribution in [0.2, 0.25) is 5.02 Å². The Labute approximate surface area is 194 Å². The third kappa shape index (κ3) is 5.93. The van der Waals surface area contributed by atoms with Gasteiger partial charge < -0.3 is 19.4 Å². The Bertz CT molecular complexity index is 895. The summed E-state index contributed by atoms with van der Waals surface area (Å²) in [6.07, 6.45) is 5.06. The highest BCUT2D eigenvalue weighted by Gasteiger charge is 2.24. The first-order valence-electron chi connectivity index (χ1n) is 11.5. The molecule has 0 unspecified atom stereocenters. The van der Waals surface area contributed by atoms with Crippen molar-refractivity contribution in [1.29, 1.82) is 0 Å². The average molecular weight is 460 g/mol. The van der Waals surface area contributed by atoms with E-state index in [2.05, 4.69) is 21.9 Å². The number of amides is 1. The van der Waals surface area contributed by atoms with Crippen LogP contribution >= 0.6 is 11.6 Å². The van der Waals surface area contributed by atoms with Gasteiger partial charge in [-0.25, -0.2) is 4.39 Å². The minimum Gasteiger partial charge on any atom is -0.494 e. The van der Waals surface area contributed by atoms with Gasteiger partial charge in [0.1, 0.15) is 11.6 Å². The Morgan fingerprint density at radius 2 is 1.66 bits per heavy atom. The summed E-state index contributed by atoms with van der Waals surface area (Å²) in [6, 6.07) is 12.3. The Balaban J connectivity index is 1.22. The summed E-state index contributed by atoms with van der Waals surface area (Å²) in [5.41, 5.74) is 1.18. The predicted octanol–water partition coefficient (Wildman–Crippen LogP) is 4.70. The molecule has 0 N–H and O–H groups in total. The van der Waals surface area contributed by atoms with Gasteiger partial charge in [0.2, 0.25) is 0 Å². The molecule has 0 aliphatic carbocycles. The molecule has 1 amide bonds. The number of ether oxygens (including phenoxy) is 1. The van der Waals surface area contributed by atoms with Gasteiger partial charge >= 0.3 is 0 Å². The molecular formula is C25H31ClFN3O2. The summed E-state index contributed by atoms with van der Waals surface area (Å²) in [5, 5.41) is 0.290. The van der Waals surface area contributed by atoms with Crippen molar-refractivity contribution in [2.75, 3.05) is 57.3 Å². The second-order valence-corrected chi connectivity index (χ2v) is 8.94. The molecule has 2 fully saturated rings. The number of likely N-dealkylation sites (tertiary alicyclic amines) is 1. The first-order chi connectivity index (χ1) is 15.6. The van der Waals surface area contributed by atoms with Crippen LogP contribution in [0.3, 0.4) is 0 Å². The molecule has 2 aromatic carbocycles. The molecule has 2 aliphatic rings. The van der Waals surface area contributed by atoms with Crippen LogP contribution in [0.4, 0.5) is 10.1 Å². The highest BCUT2D eigenvalue weighted by atomic mass is 35.5. The molecule has 2 aromatic rings. The zero-order valence-corrected chi connectivity index (χ0v) is 19.2. The molecule has 0 aromatic heterocycles. The average Bonchev–Trinajstić information content (AvgIpc) is 2.83. The number of carbonyl (C=O) groups excluding carboxylic acids is 1. The minimum atomic E-state index is -0.573. The fraction of sp³-hybridized carbons (Fsp3) is 0.480. The maximum absolute atomic E-state index is 14.1. The number of halogens is 2. The Morgan fingerprint density at radius 1 is 0.938 bits per heavy atom. The molecule has 0 radical (unpaired) electrons. The highest BCUT2D eigenvalue weighted by molar-refractivity contribution is 6.30. The monoisotopic (exact) mass is 459 g/mol. The third-order valence-corrected chi connectivity index (χ3v) is 6.50. The van der Waals surface area contributed by atoms with E-state index < -0.39 is 5.82 Å².